The third-order valence-electron chi connectivity index (χ3n) is 28.8. The van der Waals surface area contributed by atoms with Crippen LogP contribution in [0, 0.1) is 23.7 Å². The van der Waals surface area contributed by atoms with Crippen molar-refractivity contribution in [1.82, 2.24) is 39.9 Å². The Balaban J connectivity index is 0.914. The Morgan fingerprint density at radius 3 is 0.444 bits per heavy atom. The highest BCUT2D eigenvalue weighted by molar-refractivity contribution is 6.02. The van der Waals surface area contributed by atoms with Crippen LogP contribution in [0.1, 0.15) is 384 Å². The molecular formula is C134H150N8. The van der Waals surface area contributed by atoms with Crippen LogP contribution in [0.5, 0.6) is 0 Å². The van der Waals surface area contributed by atoms with Crippen molar-refractivity contribution in [2.45, 2.75) is 314 Å². The van der Waals surface area contributed by atoms with Crippen LogP contribution >= 0.6 is 0 Å². The van der Waals surface area contributed by atoms with Crippen molar-refractivity contribution < 1.29 is 0 Å². The number of hydrogen-bond donors (Lipinski definition) is 4. The Kier molecular flexibility index (Phi) is 25.1. The Morgan fingerprint density at radius 1 is 0.155 bits per heavy atom. The zero-order valence-corrected chi connectivity index (χ0v) is 91.7. The molecule has 0 unspecified atom stereocenters. The standard InChI is InChI=1S/C134H150N8/c1-123(2,3)87-61-81(62-88(73-87)124(4,5)6)117-105-49-45-101(135-105)99(102-46-50-106(136-102)118(82-63-89(125(7,8)9)74-90(64-82)126(10,11)12)110-54-58-114(140-110)121(113-57-53-109(117)139-113)85-69-95(131(25,26)27)77-96(70-85)132(28,29)30)43-41-79-37-39-80(40-38-79)42-44-100-103-47-51-107(137-103)119(83-65-91(127(13,14)15)75-92(66-83)128(16,17)18)111-55-59-115(141-111)122(86-71-97(133(31,32)33)78-98(72-86)134(34,35)36)116-60-56-112(142-116)120(108-52-48-104(100)138-108)84-67-93(129(19,20)21)76-94(68-84)130(22,23)24/h37-40,45-78,135,137,140,142H,1-36H3. The molecule has 17 rings (SSSR count). The molecule has 13 aromatic rings. The van der Waals surface area contributed by atoms with Crippen LogP contribution in [0.3, 0.4) is 0 Å². The molecule has 16 bridgehead atoms. The van der Waals surface area contributed by atoms with Gasteiger partial charge in [0.2, 0.25) is 0 Å². The van der Waals surface area contributed by atoms with Gasteiger partial charge in [-0.2, -0.15) is 0 Å². The maximum atomic E-state index is 5.93. The van der Waals surface area contributed by atoms with Crippen LogP contribution in [-0.4, -0.2) is 39.9 Å². The number of H-pyrrole nitrogens is 4. The number of nitrogens with one attached hydrogen (secondary N) is 4. The second-order valence-electron chi connectivity index (χ2n) is 52.9. The van der Waals surface area contributed by atoms with Crippen LogP contribution in [0.2, 0.25) is 0 Å². The van der Waals surface area contributed by atoms with Crippen LogP contribution in [0.4, 0.5) is 0 Å². The third-order valence-corrected chi connectivity index (χ3v) is 28.8. The first kappa shape index (κ1) is 100. The summed E-state index contributed by atoms with van der Waals surface area (Å²) in [4.78, 5) is 40.0. The fourth-order valence-electron chi connectivity index (χ4n) is 19.2. The first-order chi connectivity index (χ1) is 65.8. The van der Waals surface area contributed by atoms with Gasteiger partial charge in [0.05, 0.1) is 67.7 Å². The van der Waals surface area contributed by atoms with Gasteiger partial charge in [-0.1, -0.05) is 382 Å². The highest BCUT2D eigenvalue weighted by Crippen LogP contribution is 2.49. The summed E-state index contributed by atoms with van der Waals surface area (Å²) in [5.74, 6) is 15.1. The lowest BCUT2D eigenvalue weighted by molar-refractivity contribution is 0.568. The van der Waals surface area contributed by atoms with Gasteiger partial charge in [0.15, 0.2) is 0 Å². The highest BCUT2D eigenvalue weighted by atomic mass is 14.8. The molecule has 10 heterocycles. The van der Waals surface area contributed by atoms with Gasteiger partial charge in [-0.25, -0.2) is 19.9 Å². The molecule has 0 atom stereocenters. The van der Waals surface area contributed by atoms with Crippen molar-refractivity contribution in [2.75, 3.05) is 0 Å². The van der Waals surface area contributed by atoms with E-state index in [1.165, 1.54) is 66.8 Å². The zero-order chi connectivity index (χ0) is 103. The summed E-state index contributed by atoms with van der Waals surface area (Å²) >= 11 is 0. The molecule has 4 N–H and O–H groups in total. The SMILES string of the molecule is CC(C)(C)c1cc(-c2c3nc(c(-c4cc(C(C)(C)C)cc(C(C)(C)C)c4)c4ccc([nH]4)c(-c4cc(C(C)(C)C)cc(C(C)(C)C)c4)c4nc(c(C#Cc5ccc(C#Cc6c7nc(c(-c8cc(C(C)(C)C)cc(C(C)(C)C)c8)c8ccc([nH]8)c(-c8cc(C(C)(C)C)cc(C(C)(C)C)c8)c8nc(c(-c9cc(C(C)(C)C)cc(C(C)(C)C)c9)c9ccc6[nH]9)C=C8)C=C7)cc5)c5ccc2[nH]5)C=C4)C=C3)cc(C(C)(C)C)c1. The van der Waals surface area contributed by atoms with E-state index in [1.807, 2.05) is 0 Å². The molecule has 142 heavy (non-hydrogen) atoms. The Morgan fingerprint density at radius 2 is 0.289 bits per heavy atom. The van der Waals surface area contributed by atoms with Crippen molar-refractivity contribution in [3.05, 3.63) is 317 Å². The fourth-order valence-corrected chi connectivity index (χ4v) is 19.2. The van der Waals surface area contributed by atoms with E-state index in [2.05, 4.69) is 523 Å². The third kappa shape index (κ3) is 20.8. The molecular weight excluding hydrogens is 1720 g/mol. The molecule has 6 aromatic heterocycles. The quantitative estimate of drug-likeness (QED) is 0.124. The molecule has 0 saturated heterocycles. The van der Waals surface area contributed by atoms with E-state index in [4.69, 9.17) is 19.9 Å². The Labute approximate surface area is 848 Å². The second kappa shape index (κ2) is 35.5. The van der Waals surface area contributed by atoms with Crippen molar-refractivity contribution in [2.24, 2.45) is 0 Å². The lowest BCUT2D eigenvalue weighted by Crippen LogP contribution is -2.16. The van der Waals surface area contributed by atoms with Gasteiger partial charge in [0, 0.05) is 77.6 Å². The predicted octanol–water partition coefficient (Wildman–Crippen LogP) is 36.0. The molecule has 4 aliphatic heterocycles. The van der Waals surface area contributed by atoms with Gasteiger partial charge in [-0.3, -0.25) is 0 Å². The zero-order valence-electron chi connectivity index (χ0n) is 91.7. The smallest absolute Gasteiger partial charge is 0.0815 e. The largest absolute Gasteiger partial charge is 0.354 e. The lowest BCUT2D eigenvalue weighted by atomic mass is 9.78. The summed E-state index contributed by atoms with van der Waals surface area (Å²) in [5, 5.41) is 0. The molecule has 0 aliphatic carbocycles. The van der Waals surface area contributed by atoms with Crippen molar-refractivity contribution in [3.63, 3.8) is 0 Å². The normalized spacial score (nSPS) is 13.5. The highest BCUT2D eigenvalue weighted by Gasteiger charge is 2.34. The van der Waals surface area contributed by atoms with E-state index in [0.29, 0.717) is 0 Å². The molecule has 4 aliphatic rings. The number of benzene rings is 7. The predicted molar refractivity (Wildman–Crippen MR) is 613 cm³/mol. The molecule has 0 fully saturated rings. The van der Waals surface area contributed by atoms with Gasteiger partial charge < -0.3 is 19.9 Å². The van der Waals surface area contributed by atoms with E-state index in [-0.39, 0.29) is 65.0 Å². The number of aromatic amines is 4. The van der Waals surface area contributed by atoms with Crippen molar-refractivity contribution >= 4 is 92.7 Å². The minimum absolute atomic E-state index is 0.151. The van der Waals surface area contributed by atoms with Gasteiger partial charge in [-0.15, -0.1) is 0 Å². The van der Waals surface area contributed by atoms with Crippen LogP contribution in [-0.2, 0) is 65.0 Å². The summed E-state index contributed by atoms with van der Waals surface area (Å²) in [5.41, 5.74) is 42.7. The van der Waals surface area contributed by atoms with Gasteiger partial charge in [0.25, 0.3) is 0 Å². The molecule has 0 spiro atoms. The number of hydrogen-bond acceptors (Lipinski definition) is 4. The van der Waals surface area contributed by atoms with Gasteiger partial charge in [0.1, 0.15) is 0 Å². The maximum Gasteiger partial charge on any atom is 0.0815 e. The topological polar surface area (TPSA) is 115 Å². The molecule has 0 radical (unpaired) electrons. The molecule has 8 heteroatoms. The molecule has 0 amide bonds. The lowest BCUT2D eigenvalue weighted by Gasteiger charge is -2.26. The number of fused-ring (bicyclic) bond motifs is 16. The van der Waals surface area contributed by atoms with Crippen molar-refractivity contribution in [3.8, 4) is 90.4 Å². The second-order valence-corrected chi connectivity index (χ2v) is 52.9. The van der Waals surface area contributed by atoms with E-state index in [9.17, 15) is 0 Å². The first-order valence-electron chi connectivity index (χ1n) is 51.3. The average molecular weight is 1870 g/mol. The maximum absolute atomic E-state index is 5.93. The minimum Gasteiger partial charge on any atom is -0.354 e. The van der Waals surface area contributed by atoms with E-state index in [1.54, 1.807) is 0 Å². The minimum atomic E-state index is -0.171. The molecule has 0 saturated carbocycles. The number of rotatable bonds is 6. The summed E-state index contributed by atoms with van der Waals surface area (Å²) in [6.45, 7) is 83.4. The number of nitrogens with zero attached hydrogens (tertiary/aromatic N) is 4. The van der Waals surface area contributed by atoms with Gasteiger partial charge in [-0.05, 0) is 287 Å². The molecule has 7 aromatic carbocycles. The number of aromatic nitrogens is 8. The van der Waals surface area contributed by atoms with Crippen LogP contribution in [0.15, 0.2) is 182 Å². The van der Waals surface area contributed by atoms with Crippen molar-refractivity contribution in [1.29, 1.82) is 0 Å². The van der Waals surface area contributed by atoms with Crippen LogP contribution in [0.25, 0.3) is 160 Å². The average Bonchev–Trinajstić information content (AvgIpc) is 1.59. The fraction of sp³-hybridized carbons (Fsp3) is 0.358. The van der Waals surface area contributed by atoms with E-state index < -0.39 is 0 Å². The summed E-state index contributed by atoms with van der Waals surface area (Å²) in [6.07, 6.45) is 17.7. The summed E-state index contributed by atoms with van der Waals surface area (Å²) < 4.78 is 0. The van der Waals surface area contributed by atoms with E-state index >= 15 is 0 Å². The first-order valence-corrected chi connectivity index (χ1v) is 51.3. The van der Waals surface area contributed by atoms with E-state index in [0.717, 1.165) is 179 Å². The Bertz CT molecular complexity index is 7140. The van der Waals surface area contributed by atoms with Crippen LogP contribution < -0.4 is 0 Å². The summed E-state index contributed by atoms with van der Waals surface area (Å²) in [6, 6.07) is 69.5. The Hall–Kier alpha value is -13.1. The monoisotopic (exact) mass is 1870 g/mol. The van der Waals surface area contributed by atoms with Gasteiger partial charge >= 0.3 is 0 Å². The molecule has 726 valence electrons. The molecule has 8 nitrogen and oxygen atoms in total. The summed E-state index contributed by atoms with van der Waals surface area (Å²) in [7, 11) is 0.